The second-order valence-electron chi connectivity index (χ2n) is 4.42. The van der Waals surface area contributed by atoms with Gasteiger partial charge < -0.3 is 9.47 Å². The van der Waals surface area contributed by atoms with Crippen molar-refractivity contribution in [2.45, 2.75) is 13.5 Å². The number of esters is 1. The van der Waals surface area contributed by atoms with Crippen molar-refractivity contribution in [1.29, 1.82) is 0 Å². The van der Waals surface area contributed by atoms with Crippen LogP contribution in [0.15, 0.2) is 66.7 Å². The molecule has 2 aromatic rings. The average Bonchev–Trinajstić information content (AvgIpc) is 2.47. The molecule has 0 spiro atoms. The van der Waals surface area contributed by atoms with E-state index in [-0.39, 0.29) is 0 Å². The highest BCUT2D eigenvalue weighted by Gasteiger charge is 2.05. The van der Waals surface area contributed by atoms with Gasteiger partial charge in [0.1, 0.15) is 18.1 Å². The van der Waals surface area contributed by atoms with Gasteiger partial charge in [-0.15, -0.1) is 0 Å². The van der Waals surface area contributed by atoms with Crippen molar-refractivity contribution in [1.82, 2.24) is 0 Å². The van der Waals surface area contributed by atoms with Crippen LogP contribution < -0.4 is 9.47 Å². The Kier molecular flexibility index (Phi) is 4.56. The molecule has 0 heterocycles. The SMILES string of the molecule is C=C(C)C(=O)Oc1ccc(OCc2ccccc2)cc1. The lowest BCUT2D eigenvalue weighted by atomic mass is 10.2. The monoisotopic (exact) mass is 268 g/mol. The minimum atomic E-state index is -0.428. The Balaban J connectivity index is 1.91. The zero-order valence-electron chi connectivity index (χ0n) is 11.3. The van der Waals surface area contributed by atoms with Gasteiger partial charge in [-0.1, -0.05) is 36.9 Å². The van der Waals surface area contributed by atoms with Gasteiger partial charge in [0.25, 0.3) is 0 Å². The highest BCUT2D eigenvalue weighted by atomic mass is 16.5. The molecular formula is C17H16O3. The number of ether oxygens (including phenoxy) is 2. The lowest BCUT2D eigenvalue weighted by Gasteiger charge is -2.07. The van der Waals surface area contributed by atoms with Crippen LogP contribution in [0.2, 0.25) is 0 Å². The van der Waals surface area contributed by atoms with E-state index in [0.29, 0.717) is 17.9 Å². The summed E-state index contributed by atoms with van der Waals surface area (Å²) in [5.41, 5.74) is 1.47. The summed E-state index contributed by atoms with van der Waals surface area (Å²) in [5.74, 6) is 0.775. The van der Waals surface area contributed by atoms with Crippen molar-refractivity contribution in [2.24, 2.45) is 0 Å². The fraction of sp³-hybridized carbons (Fsp3) is 0.118. The molecule has 102 valence electrons. The van der Waals surface area contributed by atoms with E-state index in [0.717, 1.165) is 11.3 Å². The van der Waals surface area contributed by atoms with Gasteiger partial charge in [0.05, 0.1) is 0 Å². The molecule has 0 saturated carbocycles. The normalized spacial score (nSPS) is 9.85. The summed E-state index contributed by atoms with van der Waals surface area (Å²) in [6.45, 7) is 5.65. The summed E-state index contributed by atoms with van der Waals surface area (Å²) in [4.78, 5) is 11.4. The van der Waals surface area contributed by atoms with Crippen LogP contribution in [0.5, 0.6) is 11.5 Å². The Bertz CT molecular complexity index is 585. The van der Waals surface area contributed by atoms with E-state index in [9.17, 15) is 4.79 Å². The molecule has 0 aliphatic rings. The zero-order valence-corrected chi connectivity index (χ0v) is 11.3. The highest BCUT2D eigenvalue weighted by Crippen LogP contribution is 2.19. The number of benzene rings is 2. The Labute approximate surface area is 118 Å². The quantitative estimate of drug-likeness (QED) is 0.470. The van der Waals surface area contributed by atoms with Crippen molar-refractivity contribution in [3.63, 3.8) is 0 Å². The van der Waals surface area contributed by atoms with Crippen LogP contribution in [-0.4, -0.2) is 5.97 Å². The molecule has 2 aromatic carbocycles. The van der Waals surface area contributed by atoms with Gasteiger partial charge in [-0.2, -0.15) is 0 Å². The second-order valence-corrected chi connectivity index (χ2v) is 4.42. The Hall–Kier alpha value is -2.55. The average molecular weight is 268 g/mol. The second kappa shape index (κ2) is 6.57. The van der Waals surface area contributed by atoms with E-state index < -0.39 is 5.97 Å². The van der Waals surface area contributed by atoms with Gasteiger partial charge in [-0.3, -0.25) is 0 Å². The molecule has 0 N–H and O–H groups in total. The summed E-state index contributed by atoms with van der Waals surface area (Å²) in [5, 5.41) is 0. The summed E-state index contributed by atoms with van der Waals surface area (Å²) < 4.78 is 10.7. The van der Waals surface area contributed by atoms with Crippen molar-refractivity contribution in [2.75, 3.05) is 0 Å². The number of carbonyl (C=O) groups is 1. The fourth-order valence-electron chi connectivity index (χ4n) is 1.54. The molecule has 2 rings (SSSR count). The Morgan fingerprint density at radius 2 is 1.60 bits per heavy atom. The van der Waals surface area contributed by atoms with E-state index in [1.165, 1.54) is 0 Å². The molecule has 0 aromatic heterocycles. The lowest BCUT2D eigenvalue weighted by molar-refractivity contribution is -0.130. The lowest BCUT2D eigenvalue weighted by Crippen LogP contribution is -2.07. The van der Waals surface area contributed by atoms with Crippen molar-refractivity contribution < 1.29 is 14.3 Å². The van der Waals surface area contributed by atoms with Crippen LogP contribution in [0, 0.1) is 0 Å². The van der Waals surface area contributed by atoms with Gasteiger partial charge in [0.2, 0.25) is 0 Å². The Morgan fingerprint density at radius 1 is 1.00 bits per heavy atom. The van der Waals surface area contributed by atoms with E-state index >= 15 is 0 Å². The number of carbonyl (C=O) groups excluding carboxylic acids is 1. The summed E-state index contributed by atoms with van der Waals surface area (Å²) in [7, 11) is 0. The first kappa shape index (κ1) is 13.9. The number of hydrogen-bond acceptors (Lipinski definition) is 3. The van der Waals surface area contributed by atoms with Crippen LogP contribution in [0.1, 0.15) is 12.5 Å². The molecule has 0 saturated heterocycles. The predicted molar refractivity (Wildman–Crippen MR) is 77.7 cm³/mol. The summed E-state index contributed by atoms with van der Waals surface area (Å²) in [6, 6.07) is 16.8. The van der Waals surface area contributed by atoms with E-state index in [4.69, 9.17) is 9.47 Å². The molecule has 0 amide bonds. The van der Waals surface area contributed by atoms with Gasteiger partial charge in [0, 0.05) is 5.57 Å². The minimum absolute atomic E-state index is 0.370. The molecule has 0 bridgehead atoms. The number of rotatable bonds is 5. The molecule has 0 unspecified atom stereocenters. The van der Waals surface area contributed by atoms with Crippen LogP contribution in [-0.2, 0) is 11.4 Å². The first-order valence-corrected chi connectivity index (χ1v) is 6.29. The van der Waals surface area contributed by atoms with Crippen LogP contribution in [0.3, 0.4) is 0 Å². The van der Waals surface area contributed by atoms with Crippen LogP contribution >= 0.6 is 0 Å². The van der Waals surface area contributed by atoms with Gasteiger partial charge in [-0.05, 0) is 36.8 Å². The van der Waals surface area contributed by atoms with Crippen LogP contribution in [0.25, 0.3) is 0 Å². The third-order valence-electron chi connectivity index (χ3n) is 2.63. The maximum absolute atomic E-state index is 11.4. The third-order valence-corrected chi connectivity index (χ3v) is 2.63. The molecule has 0 radical (unpaired) electrons. The largest absolute Gasteiger partial charge is 0.489 e. The smallest absolute Gasteiger partial charge is 0.338 e. The van der Waals surface area contributed by atoms with Gasteiger partial charge >= 0.3 is 5.97 Å². The molecule has 20 heavy (non-hydrogen) atoms. The fourth-order valence-corrected chi connectivity index (χ4v) is 1.54. The predicted octanol–water partition coefficient (Wildman–Crippen LogP) is 3.75. The first-order valence-electron chi connectivity index (χ1n) is 6.29. The topological polar surface area (TPSA) is 35.5 Å². The minimum Gasteiger partial charge on any atom is -0.489 e. The maximum Gasteiger partial charge on any atom is 0.338 e. The molecule has 0 aliphatic carbocycles. The molecule has 0 fully saturated rings. The molecule has 3 heteroatoms. The standard InChI is InChI=1S/C17H16O3/c1-13(2)17(18)20-16-10-8-15(9-11-16)19-12-14-6-4-3-5-7-14/h3-11H,1,12H2,2H3. The first-order chi connectivity index (χ1) is 9.65. The van der Waals surface area contributed by atoms with Gasteiger partial charge in [-0.25, -0.2) is 4.79 Å². The van der Waals surface area contributed by atoms with E-state index in [1.54, 1.807) is 31.2 Å². The third kappa shape index (κ3) is 3.99. The molecular weight excluding hydrogens is 252 g/mol. The van der Waals surface area contributed by atoms with Crippen molar-refractivity contribution in [3.05, 3.63) is 72.3 Å². The molecule has 0 aliphatic heterocycles. The summed E-state index contributed by atoms with van der Waals surface area (Å²) >= 11 is 0. The zero-order chi connectivity index (χ0) is 14.4. The number of hydrogen-bond donors (Lipinski definition) is 0. The molecule has 3 nitrogen and oxygen atoms in total. The van der Waals surface area contributed by atoms with Crippen molar-refractivity contribution in [3.8, 4) is 11.5 Å². The molecule has 0 atom stereocenters. The van der Waals surface area contributed by atoms with Crippen molar-refractivity contribution >= 4 is 5.97 Å². The van der Waals surface area contributed by atoms with E-state index in [2.05, 4.69) is 6.58 Å². The van der Waals surface area contributed by atoms with Gasteiger partial charge in [0.15, 0.2) is 0 Å². The summed E-state index contributed by atoms with van der Waals surface area (Å²) in [6.07, 6.45) is 0. The highest BCUT2D eigenvalue weighted by molar-refractivity contribution is 5.88. The van der Waals surface area contributed by atoms with E-state index in [1.807, 2.05) is 30.3 Å². The Morgan fingerprint density at radius 3 is 2.20 bits per heavy atom. The van der Waals surface area contributed by atoms with Crippen LogP contribution in [0.4, 0.5) is 0 Å². The maximum atomic E-state index is 11.4.